The molecule has 0 aromatic carbocycles. The molecular formula is C9H13N3O2. The van der Waals surface area contributed by atoms with Crippen molar-refractivity contribution in [3.63, 3.8) is 0 Å². The number of nitrogen functional groups attached to an aromatic ring is 1. The normalized spacial score (nSPS) is 9.79. The molecule has 76 valence electrons. The Morgan fingerprint density at radius 1 is 1.71 bits per heavy atom. The molecule has 0 saturated carbocycles. The zero-order chi connectivity index (χ0) is 10.4. The van der Waals surface area contributed by atoms with Gasteiger partial charge in [0.15, 0.2) is 5.69 Å². The molecule has 0 spiro atoms. The Balaban J connectivity index is 2.56. The van der Waals surface area contributed by atoms with Gasteiger partial charge in [0.1, 0.15) is 0 Å². The molecule has 14 heavy (non-hydrogen) atoms. The number of ether oxygens (including phenoxy) is 1. The third-order valence-electron chi connectivity index (χ3n) is 1.65. The minimum atomic E-state index is -0.278. The van der Waals surface area contributed by atoms with E-state index in [1.54, 1.807) is 19.2 Å². The summed E-state index contributed by atoms with van der Waals surface area (Å²) in [5.41, 5.74) is 6.20. The maximum absolute atomic E-state index is 11.4. The van der Waals surface area contributed by atoms with Crippen molar-refractivity contribution in [2.75, 3.05) is 26.0 Å². The van der Waals surface area contributed by atoms with Crippen LogP contribution in [0.1, 0.15) is 10.5 Å². The van der Waals surface area contributed by atoms with E-state index in [1.807, 2.05) is 0 Å². The highest BCUT2D eigenvalue weighted by Gasteiger charge is 2.08. The molecule has 0 aliphatic heterocycles. The molecule has 1 amide bonds. The first-order valence-corrected chi connectivity index (χ1v) is 4.23. The standard InChI is InChI=1S/C9H13N3O2/c1-14-6-5-12-9(13)8-7(10)3-2-4-11-8/h2-4H,5-6,10H2,1H3,(H,12,13). The summed E-state index contributed by atoms with van der Waals surface area (Å²) in [6.07, 6.45) is 1.53. The summed E-state index contributed by atoms with van der Waals surface area (Å²) >= 11 is 0. The molecule has 1 aromatic heterocycles. The van der Waals surface area contributed by atoms with Gasteiger partial charge in [-0.2, -0.15) is 0 Å². The van der Waals surface area contributed by atoms with E-state index in [-0.39, 0.29) is 11.6 Å². The van der Waals surface area contributed by atoms with Crippen LogP contribution in [0.4, 0.5) is 5.69 Å². The van der Waals surface area contributed by atoms with Crippen LogP contribution in [0, 0.1) is 0 Å². The number of aromatic nitrogens is 1. The number of pyridine rings is 1. The maximum Gasteiger partial charge on any atom is 0.272 e. The van der Waals surface area contributed by atoms with Gasteiger partial charge in [0, 0.05) is 19.9 Å². The maximum atomic E-state index is 11.4. The van der Waals surface area contributed by atoms with Crippen LogP contribution in [-0.4, -0.2) is 31.2 Å². The van der Waals surface area contributed by atoms with Crippen molar-refractivity contribution < 1.29 is 9.53 Å². The second-order valence-corrected chi connectivity index (χ2v) is 2.69. The van der Waals surface area contributed by atoms with E-state index in [0.29, 0.717) is 18.8 Å². The Kier molecular flexibility index (Phi) is 3.87. The SMILES string of the molecule is COCCNC(=O)c1ncccc1N. The van der Waals surface area contributed by atoms with E-state index in [2.05, 4.69) is 10.3 Å². The van der Waals surface area contributed by atoms with E-state index in [0.717, 1.165) is 0 Å². The number of nitrogens with one attached hydrogen (secondary N) is 1. The topological polar surface area (TPSA) is 77.2 Å². The molecular weight excluding hydrogens is 182 g/mol. The average Bonchev–Trinajstić information content (AvgIpc) is 2.18. The summed E-state index contributed by atoms with van der Waals surface area (Å²) in [5, 5.41) is 2.63. The summed E-state index contributed by atoms with van der Waals surface area (Å²) in [4.78, 5) is 15.3. The van der Waals surface area contributed by atoms with E-state index in [4.69, 9.17) is 10.5 Å². The van der Waals surface area contributed by atoms with Crippen LogP contribution in [0.25, 0.3) is 0 Å². The number of rotatable bonds is 4. The number of anilines is 1. The number of amides is 1. The summed E-state index contributed by atoms with van der Waals surface area (Å²) in [6.45, 7) is 0.920. The average molecular weight is 195 g/mol. The first-order valence-electron chi connectivity index (χ1n) is 4.23. The third-order valence-corrected chi connectivity index (χ3v) is 1.65. The van der Waals surface area contributed by atoms with Crippen LogP contribution < -0.4 is 11.1 Å². The van der Waals surface area contributed by atoms with Gasteiger partial charge < -0.3 is 15.8 Å². The van der Waals surface area contributed by atoms with E-state index < -0.39 is 0 Å². The van der Waals surface area contributed by atoms with Crippen molar-refractivity contribution in [2.24, 2.45) is 0 Å². The molecule has 0 fully saturated rings. The van der Waals surface area contributed by atoms with E-state index in [9.17, 15) is 4.79 Å². The number of hydrogen-bond donors (Lipinski definition) is 2. The fourth-order valence-electron chi connectivity index (χ4n) is 0.958. The van der Waals surface area contributed by atoms with Gasteiger partial charge >= 0.3 is 0 Å². The molecule has 0 atom stereocenters. The summed E-state index contributed by atoms with van der Waals surface area (Å²) in [5.74, 6) is -0.278. The second kappa shape index (κ2) is 5.18. The van der Waals surface area contributed by atoms with Crippen molar-refractivity contribution in [1.82, 2.24) is 10.3 Å². The number of nitrogens with zero attached hydrogens (tertiary/aromatic N) is 1. The smallest absolute Gasteiger partial charge is 0.272 e. The molecule has 1 heterocycles. The quantitative estimate of drug-likeness (QED) is 0.665. The monoisotopic (exact) mass is 195 g/mol. The summed E-state index contributed by atoms with van der Waals surface area (Å²) in [7, 11) is 1.57. The highest BCUT2D eigenvalue weighted by Crippen LogP contribution is 2.05. The van der Waals surface area contributed by atoms with Crippen LogP contribution in [0.3, 0.4) is 0 Å². The predicted molar refractivity (Wildman–Crippen MR) is 52.9 cm³/mol. The van der Waals surface area contributed by atoms with E-state index in [1.165, 1.54) is 6.20 Å². The zero-order valence-electron chi connectivity index (χ0n) is 7.99. The van der Waals surface area contributed by atoms with Crippen molar-refractivity contribution >= 4 is 11.6 Å². The number of methoxy groups -OCH3 is 1. The highest BCUT2D eigenvalue weighted by molar-refractivity contribution is 5.96. The molecule has 0 unspecified atom stereocenters. The molecule has 3 N–H and O–H groups in total. The Hall–Kier alpha value is -1.62. The van der Waals surface area contributed by atoms with Crippen molar-refractivity contribution in [3.05, 3.63) is 24.0 Å². The zero-order valence-corrected chi connectivity index (χ0v) is 7.99. The molecule has 1 rings (SSSR count). The Labute approximate surface area is 82.3 Å². The van der Waals surface area contributed by atoms with Crippen LogP contribution in [0.2, 0.25) is 0 Å². The molecule has 1 aromatic rings. The van der Waals surface area contributed by atoms with Gasteiger partial charge in [-0.25, -0.2) is 4.98 Å². The van der Waals surface area contributed by atoms with Crippen molar-refractivity contribution in [3.8, 4) is 0 Å². The fraction of sp³-hybridized carbons (Fsp3) is 0.333. The van der Waals surface area contributed by atoms with Crippen LogP contribution in [-0.2, 0) is 4.74 Å². The molecule has 0 aliphatic rings. The first kappa shape index (κ1) is 10.5. The van der Waals surface area contributed by atoms with E-state index >= 15 is 0 Å². The predicted octanol–water partition coefficient (Wildman–Crippen LogP) is 0.0400. The molecule has 0 bridgehead atoms. The van der Waals surface area contributed by atoms with Crippen molar-refractivity contribution in [1.29, 1.82) is 0 Å². The molecule has 5 nitrogen and oxygen atoms in total. The Morgan fingerprint density at radius 3 is 3.14 bits per heavy atom. The number of hydrogen-bond acceptors (Lipinski definition) is 4. The third kappa shape index (κ3) is 2.70. The van der Waals surface area contributed by atoms with Crippen LogP contribution in [0.5, 0.6) is 0 Å². The van der Waals surface area contributed by atoms with Gasteiger partial charge in [0.25, 0.3) is 5.91 Å². The lowest BCUT2D eigenvalue weighted by Crippen LogP contribution is -2.28. The molecule has 0 radical (unpaired) electrons. The lowest BCUT2D eigenvalue weighted by atomic mass is 10.3. The fourth-order valence-corrected chi connectivity index (χ4v) is 0.958. The minimum absolute atomic E-state index is 0.253. The minimum Gasteiger partial charge on any atom is -0.397 e. The molecule has 0 aliphatic carbocycles. The number of carbonyl (C=O) groups excluding carboxylic acids is 1. The largest absolute Gasteiger partial charge is 0.397 e. The first-order chi connectivity index (χ1) is 6.75. The summed E-state index contributed by atoms with van der Waals surface area (Å²) in [6, 6.07) is 3.32. The van der Waals surface area contributed by atoms with Gasteiger partial charge in [-0.05, 0) is 12.1 Å². The Morgan fingerprint density at radius 2 is 2.50 bits per heavy atom. The lowest BCUT2D eigenvalue weighted by molar-refractivity contribution is 0.0933. The van der Waals surface area contributed by atoms with Gasteiger partial charge in [0.05, 0.1) is 12.3 Å². The van der Waals surface area contributed by atoms with Gasteiger partial charge in [0.2, 0.25) is 0 Å². The van der Waals surface area contributed by atoms with Crippen LogP contribution in [0.15, 0.2) is 18.3 Å². The number of carbonyl (C=O) groups is 1. The van der Waals surface area contributed by atoms with Gasteiger partial charge in [-0.15, -0.1) is 0 Å². The van der Waals surface area contributed by atoms with Gasteiger partial charge in [-0.3, -0.25) is 4.79 Å². The molecule has 0 saturated heterocycles. The highest BCUT2D eigenvalue weighted by atomic mass is 16.5. The molecule has 5 heteroatoms. The van der Waals surface area contributed by atoms with Gasteiger partial charge in [-0.1, -0.05) is 0 Å². The Bertz CT molecular complexity index is 315. The number of nitrogens with two attached hydrogens (primary N) is 1. The second-order valence-electron chi connectivity index (χ2n) is 2.69. The van der Waals surface area contributed by atoms with Crippen LogP contribution >= 0.6 is 0 Å². The van der Waals surface area contributed by atoms with Crippen molar-refractivity contribution in [2.45, 2.75) is 0 Å². The lowest BCUT2D eigenvalue weighted by Gasteiger charge is -2.05. The summed E-state index contributed by atoms with van der Waals surface area (Å²) < 4.78 is 4.79.